The van der Waals surface area contributed by atoms with Crippen molar-refractivity contribution in [2.24, 2.45) is 0 Å². The quantitative estimate of drug-likeness (QED) is 0.718. The van der Waals surface area contributed by atoms with E-state index in [9.17, 15) is 0 Å². The number of aromatic nitrogens is 2. The molecule has 0 amide bonds. The third kappa shape index (κ3) is 2.33. The lowest BCUT2D eigenvalue weighted by Crippen LogP contribution is -2.02. The van der Waals surface area contributed by atoms with Crippen LogP contribution in [-0.4, -0.2) is 16.6 Å². The fourth-order valence-corrected chi connectivity index (χ4v) is 2.49. The van der Waals surface area contributed by atoms with Crippen molar-refractivity contribution in [3.8, 4) is 5.88 Å². The molecule has 3 rings (SSSR count). The van der Waals surface area contributed by atoms with Crippen LogP contribution in [-0.2, 0) is 6.42 Å². The van der Waals surface area contributed by atoms with Crippen molar-refractivity contribution in [3.05, 3.63) is 53.0 Å². The van der Waals surface area contributed by atoms with Gasteiger partial charge < -0.3 is 4.74 Å². The minimum absolute atomic E-state index is 0.640. The van der Waals surface area contributed by atoms with Crippen molar-refractivity contribution < 1.29 is 4.74 Å². The van der Waals surface area contributed by atoms with Crippen molar-refractivity contribution in [2.45, 2.75) is 6.42 Å². The van der Waals surface area contributed by atoms with Gasteiger partial charge in [0, 0.05) is 11.3 Å². The van der Waals surface area contributed by atoms with Crippen LogP contribution in [0.5, 0.6) is 5.88 Å². The van der Waals surface area contributed by atoms with Crippen molar-refractivity contribution in [1.82, 2.24) is 9.97 Å². The van der Waals surface area contributed by atoms with Gasteiger partial charge in [0.25, 0.3) is 0 Å². The average Bonchev–Trinajstić information content (AvgIpc) is 2.92. The number of hydrogen-bond acceptors (Lipinski definition) is 4. The Morgan fingerprint density at radius 3 is 2.89 bits per heavy atom. The molecular weight excluding hydrogens is 244 g/mol. The predicted molar refractivity (Wildman–Crippen MR) is 73.1 cm³/mol. The van der Waals surface area contributed by atoms with E-state index in [2.05, 4.69) is 27.5 Å². The highest BCUT2D eigenvalue weighted by molar-refractivity contribution is 7.09. The maximum Gasteiger partial charge on any atom is 0.224 e. The average molecular weight is 256 g/mol. The molecular formula is C14H12N2OS. The van der Waals surface area contributed by atoms with Gasteiger partial charge in [0.2, 0.25) is 5.88 Å². The zero-order valence-electron chi connectivity index (χ0n) is 9.74. The highest BCUT2D eigenvalue weighted by Gasteiger charge is 2.03. The first-order valence-corrected chi connectivity index (χ1v) is 6.66. The van der Waals surface area contributed by atoms with Crippen LogP contribution in [0, 0.1) is 0 Å². The third-order valence-electron chi connectivity index (χ3n) is 2.67. The van der Waals surface area contributed by atoms with Gasteiger partial charge in [0.15, 0.2) is 0 Å². The fraction of sp³-hybridized carbons (Fsp3) is 0.143. The molecule has 3 aromatic rings. The molecule has 0 aliphatic carbocycles. The summed E-state index contributed by atoms with van der Waals surface area (Å²) in [7, 11) is 0. The summed E-state index contributed by atoms with van der Waals surface area (Å²) in [6.45, 7) is 0.640. The van der Waals surface area contributed by atoms with Crippen LogP contribution < -0.4 is 4.74 Å². The van der Waals surface area contributed by atoms with Crippen LogP contribution in [0.25, 0.3) is 10.9 Å². The molecule has 0 unspecified atom stereocenters. The fourth-order valence-electron chi connectivity index (χ4n) is 1.80. The summed E-state index contributed by atoms with van der Waals surface area (Å²) in [6.07, 6.45) is 2.46. The van der Waals surface area contributed by atoms with Gasteiger partial charge in [-0.25, -0.2) is 9.97 Å². The summed E-state index contributed by atoms with van der Waals surface area (Å²) in [6, 6.07) is 12.0. The van der Waals surface area contributed by atoms with Gasteiger partial charge in [-0.05, 0) is 23.6 Å². The maximum atomic E-state index is 5.75. The number of para-hydroxylation sites is 1. The van der Waals surface area contributed by atoms with Gasteiger partial charge in [-0.2, -0.15) is 0 Å². The first-order chi connectivity index (χ1) is 8.93. The number of nitrogens with zero attached hydrogens (tertiary/aromatic N) is 2. The SMILES string of the molecule is c1csc(CCOc2ncnc3ccccc23)c1. The number of rotatable bonds is 4. The molecule has 4 heteroatoms. The summed E-state index contributed by atoms with van der Waals surface area (Å²) in [5.41, 5.74) is 0.915. The van der Waals surface area contributed by atoms with Crippen LogP contribution in [0.2, 0.25) is 0 Å². The zero-order chi connectivity index (χ0) is 12.2. The van der Waals surface area contributed by atoms with Crippen LogP contribution in [0.4, 0.5) is 0 Å². The van der Waals surface area contributed by atoms with Gasteiger partial charge in [-0.15, -0.1) is 11.3 Å². The highest BCUT2D eigenvalue weighted by atomic mass is 32.1. The molecule has 3 nitrogen and oxygen atoms in total. The summed E-state index contributed by atoms with van der Waals surface area (Å²) >= 11 is 1.75. The van der Waals surface area contributed by atoms with Gasteiger partial charge in [-0.1, -0.05) is 18.2 Å². The summed E-state index contributed by atoms with van der Waals surface area (Å²) < 4.78 is 5.75. The molecule has 0 spiro atoms. The van der Waals surface area contributed by atoms with Crippen molar-refractivity contribution in [2.75, 3.05) is 6.61 Å². The molecule has 2 aromatic heterocycles. The number of ether oxygens (including phenoxy) is 1. The lowest BCUT2D eigenvalue weighted by Gasteiger charge is -2.06. The molecule has 0 radical (unpaired) electrons. The zero-order valence-corrected chi connectivity index (χ0v) is 10.6. The topological polar surface area (TPSA) is 35.0 Å². The van der Waals surface area contributed by atoms with Gasteiger partial charge in [-0.3, -0.25) is 0 Å². The monoisotopic (exact) mass is 256 g/mol. The largest absolute Gasteiger partial charge is 0.477 e. The van der Waals surface area contributed by atoms with E-state index in [-0.39, 0.29) is 0 Å². The number of hydrogen-bond donors (Lipinski definition) is 0. The van der Waals surface area contributed by atoms with E-state index in [0.717, 1.165) is 17.3 Å². The normalized spacial score (nSPS) is 10.7. The van der Waals surface area contributed by atoms with E-state index in [0.29, 0.717) is 12.5 Å². The molecule has 0 fully saturated rings. The van der Waals surface area contributed by atoms with Crippen LogP contribution in [0.3, 0.4) is 0 Å². The standard InChI is InChI=1S/C14H12N2OS/c1-2-6-13-12(5-1)14(16-10-15-13)17-8-7-11-4-3-9-18-11/h1-6,9-10H,7-8H2. The molecule has 90 valence electrons. The summed E-state index contributed by atoms with van der Waals surface area (Å²) in [5.74, 6) is 0.664. The summed E-state index contributed by atoms with van der Waals surface area (Å²) in [5, 5.41) is 3.04. The molecule has 0 saturated carbocycles. The van der Waals surface area contributed by atoms with Crippen molar-refractivity contribution in [1.29, 1.82) is 0 Å². The predicted octanol–water partition coefficient (Wildman–Crippen LogP) is 3.31. The number of thiophene rings is 1. The lowest BCUT2D eigenvalue weighted by molar-refractivity contribution is 0.314. The molecule has 1 aromatic carbocycles. The van der Waals surface area contributed by atoms with E-state index in [1.165, 1.54) is 4.88 Å². The Hall–Kier alpha value is -1.94. The summed E-state index contributed by atoms with van der Waals surface area (Å²) in [4.78, 5) is 9.73. The first-order valence-electron chi connectivity index (χ1n) is 5.78. The third-order valence-corrected chi connectivity index (χ3v) is 3.61. The van der Waals surface area contributed by atoms with Gasteiger partial charge in [0.1, 0.15) is 6.33 Å². The lowest BCUT2D eigenvalue weighted by atomic mass is 10.2. The van der Waals surface area contributed by atoms with E-state index in [1.54, 1.807) is 17.7 Å². The molecule has 2 heterocycles. The molecule has 0 saturated heterocycles. The second-order valence-electron chi connectivity index (χ2n) is 3.87. The Morgan fingerprint density at radius 1 is 1.06 bits per heavy atom. The molecule has 0 N–H and O–H groups in total. The minimum atomic E-state index is 0.640. The van der Waals surface area contributed by atoms with Crippen molar-refractivity contribution >= 4 is 22.2 Å². The van der Waals surface area contributed by atoms with E-state index in [1.807, 2.05) is 24.3 Å². The van der Waals surface area contributed by atoms with Gasteiger partial charge >= 0.3 is 0 Å². The Balaban J connectivity index is 1.74. The highest BCUT2D eigenvalue weighted by Crippen LogP contribution is 2.20. The van der Waals surface area contributed by atoms with Crippen LogP contribution in [0.15, 0.2) is 48.1 Å². The molecule has 0 aliphatic rings. The maximum absolute atomic E-state index is 5.75. The van der Waals surface area contributed by atoms with E-state index < -0.39 is 0 Å². The van der Waals surface area contributed by atoms with E-state index in [4.69, 9.17) is 4.74 Å². The Labute approximate surface area is 109 Å². The molecule has 0 bridgehead atoms. The van der Waals surface area contributed by atoms with E-state index >= 15 is 0 Å². The molecule has 0 aliphatic heterocycles. The molecule has 0 atom stereocenters. The second kappa shape index (κ2) is 5.14. The Bertz CT molecular complexity index is 632. The van der Waals surface area contributed by atoms with Gasteiger partial charge in [0.05, 0.1) is 17.5 Å². The first kappa shape index (κ1) is 11.2. The number of benzene rings is 1. The van der Waals surface area contributed by atoms with Crippen LogP contribution in [0.1, 0.15) is 4.88 Å². The Kier molecular flexibility index (Phi) is 3.19. The minimum Gasteiger partial charge on any atom is -0.477 e. The van der Waals surface area contributed by atoms with Crippen molar-refractivity contribution in [3.63, 3.8) is 0 Å². The second-order valence-corrected chi connectivity index (χ2v) is 4.91. The van der Waals surface area contributed by atoms with Crippen LogP contribution >= 0.6 is 11.3 Å². The Morgan fingerprint density at radius 2 is 2.00 bits per heavy atom. The smallest absolute Gasteiger partial charge is 0.224 e. The number of fused-ring (bicyclic) bond motifs is 1. The molecule has 18 heavy (non-hydrogen) atoms.